The largest absolute Gasteiger partial charge is 0.376 e. The van der Waals surface area contributed by atoms with Crippen molar-refractivity contribution >= 4 is 5.94 Å². The molecule has 0 amide bonds. The van der Waals surface area contributed by atoms with Crippen LogP contribution < -0.4 is 0 Å². The zero-order valence-electron chi connectivity index (χ0n) is 16.8. The Hall–Kier alpha value is -0.630. The lowest BCUT2D eigenvalue weighted by Gasteiger charge is -2.45. The van der Waals surface area contributed by atoms with Crippen molar-refractivity contribution in [1.29, 1.82) is 0 Å². The molecular formula is C21H40O3. The maximum absolute atomic E-state index is 10.1. The van der Waals surface area contributed by atoms with Gasteiger partial charge in [-0.25, -0.2) is 4.79 Å². The Morgan fingerprint density at radius 1 is 0.792 bits per heavy atom. The lowest BCUT2D eigenvalue weighted by Crippen LogP contribution is -2.52. The first-order valence-corrected chi connectivity index (χ1v) is 9.79. The summed E-state index contributed by atoms with van der Waals surface area (Å²) in [5.41, 5.74) is -0.497. The minimum Gasteiger partial charge on any atom is -0.376 e. The Kier molecular flexibility index (Phi) is 13.3. The van der Waals surface area contributed by atoms with E-state index in [1.165, 1.54) is 38.5 Å². The molecule has 0 aliphatic heterocycles. The molecule has 142 valence electrons. The second kappa shape index (κ2) is 13.6. The normalized spacial score (nSPS) is 16.2. The van der Waals surface area contributed by atoms with Crippen molar-refractivity contribution in [3.05, 3.63) is 6.08 Å². The van der Waals surface area contributed by atoms with Gasteiger partial charge in [0.05, 0.1) is 11.2 Å². The third-order valence-corrected chi connectivity index (χ3v) is 5.61. The summed E-state index contributed by atoms with van der Waals surface area (Å²) in [4.78, 5) is 10.1. The van der Waals surface area contributed by atoms with E-state index in [0.29, 0.717) is 0 Å². The standard InChI is InChI=1S/C21H40O3/c1-6-7-8-11-14-17-20(2,23-4)21(3,24-5)18-15-12-9-10-13-16-19-22/h16H,6-15,17-18H2,1-5H3. The van der Waals surface area contributed by atoms with Crippen molar-refractivity contribution in [3.8, 4) is 0 Å². The summed E-state index contributed by atoms with van der Waals surface area (Å²) in [5, 5.41) is 0. The number of hydrogen-bond donors (Lipinski definition) is 0. The van der Waals surface area contributed by atoms with E-state index in [9.17, 15) is 4.79 Å². The average Bonchev–Trinajstić information content (AvgIpc) is 2.60. The fraction of sp³-hybridized carbons (Fsp3) is 0.905. The summed E-state index contributed by atoms with van der Waals surface area (Å²) >= 11 is 0. The Balaban J connectivity index is 4.34. The summed E-state index contributed by atoms with van der Waals surface area (Å²) in [6.45, 7) is 6.64. The smallest absolute Gasteiger partial charge is 0.120 e. The van der Waals surface area contributed by atoms with E-state index in [0.717, 1.165) is 38.5 Å². The highest BCUT2D eigenvalue weighted by Crippen LogP contribution is 2.37. The minimum absolute atomic E-state index is 0.242. The van der Waals surface area contributed by atoms with Crippen LogP contribution in [0.5, 0.6) is 0 Å². The number of unbranched alkanes of at least 4 members (excludes halogenated alkanes) is 8. The van der Waals surface area contributed by atoms with E-state index in [1.807, 2.05) is 20.2 Å². The lowest BCUT2D eigenvalue weighted by molar-refractivity contribution is -0.176. The Morgan fingerprint density at radius 3 is 1.67 bits per heavy atom. The molecule has 0 saturated heterocycles. The fourth-order valence-corrected chi connectivity index (χ4v) is 3.35. The van der Waals surface area contributed by atoms with Gasteiger partial charge < -0.3 is 9.47 Å². The van der Waals surface area contributed by atoms with Crippen LogP contribution in [0.4, 0.5) is 0 Å². The number of carbonyl (C=O) groups excluding carboxylic acids is 1. The van der Waals surface area contributed by atoms with E-state index in [2.05, 4.69) is 20.8 Å². The minimum atomic E-state index is -0.255. The SMILES string of the molecule is CCCCCCCC(C)(OC)C(C)(CCCCCCC=C=O)OC. The number of rotatable bonds is 16. The summed E-state index contributed by atoms with van der Waals surface area (Å²) < 4.78 is 11.9. The zero-order valence-corrected chi connectivity index (χ0v) is 16.8. The molecule has 0 aromatic carbocycles. The Bertz CT molecular complexity index is 349. The summed E-state index contributed by atoms with van der Waals surface area (Å²) in [6, 6.07) is 0. The van der Waals surface area contributed by atoms with Crippen LogP contribution in [0.2, 0.25) is 0 Å². The van der Waals surface area contributed by atoms with E-state index in [4.69, 9.17) is 9.47 Å². The quantitative estimate of drug-likeness (QED) is 0.260. The first kappa shape index (κ1) is 23.4. The molecule has 0 aromatic heterocycles. The second-order valence-electron chi connectivity index (χ2n) is 7.31. The molecule has 3 nitrogen and oxygen atoms in total. The molecule has 0 radical (unpaired) electrons. The predicted molar refractivity (Wildman–Crippen MR) is 102 cm³/mol. The van der Waals surface area contributed by atoms with Gasteiger partial charge in [0.25, 0.3) is 0 Å². The van der Waals surface area contributed by atoms with Crippen LogP contribution in [0.3, 0.4) is 0 Å². The van der Waals surface area contributed by atoms with Gasteiger partial charge in [0, 0.05) is 14.2 Å². The van der Waals surface area contributed by atoms with E-state index in [-0.39, 0.29) is 11.2 Å². The molecule has 2 unspecified atom stereocenters. The van der Waals surface area contributed by atoms with Gasteiger partial charge in [-0.05, 0) is 45.6 Å². The van der Waals surface area contributed by atoms with Gasteiger partial charge in [0.2, 0.25) is 0 Å². The van der Waals surface area contributed by atoms with Gasteiger partial charge in [0.1, 0.15) is 5.94 Å². The molecule has 0 spiro atoms. The van der Waals surface area contributed by atoms with Crippen LogP contribution in [0.15, 0.2) is 6.08 Å². The van der Waals surface area contributed by atoms with Gasteiger partial charge in [-0.3, -0.25) is 0 Å². The summed E-state index contributed by atoms with van der Waals surface area (Å²) in [6.07, 6.45) is 15.4. The lowest BCUT2D eigenvalue weighted by atomic mass is 9.78. The number of allylic oxidation sites excluding steroid dienone is 1. The summed E-state index contributed by atoms with van der Waals surface area (Å²) in [5.74, 6) is 1.84. The van der Waals surface area contributed by atoms with Gasteiger partial charge in [-0.1, -0.05) is 58.3 Å². The predicted octanol–water partition coefficient (Wildman–Crippen LogP) is 5.89. The summed E-state index contributed by atoms with van der Waals surface area (Å²) in [7, 11) is 3.62. The highest BCUT2D eigenvalue weighted by molar-refractivity contribution is 5.44. The van der Waals surface area contributed by atoms with Gasteiger partial charge in [-0.2, -0.15) is 0 Å². The van der Waals surface area contributed by atoms with Crippen LogP contribution in [0, 0.1) is 0 Å². The Labute approximate surface area is 150 Å². The number of methoxy groups -OCH3 is 2. The molecule has 24 heavy (non-hydrogen) atoms. The molecule has 0 bridgehead atoms. The molecule has 0 aliphatic carbocycles. The molecular weight excluding hydrogens is 300 g/mol. The number of ether oxygens (including phenoxy) is 2. The first-order chi connectivity index (χ1) is 11.5. The molecule has 0 fully saturated rings. The molecule has 0 saturated carbocycles. The van der Waals surface area contributed by atoms with Gasteiger partial charge in [0.15, 0.2) is 0 Å². The molecule has 0 aliphatic rings. The highest BCUT2D eigenvalue weighted by atomic mass is 16.5. The molecule has 2 atom stereocenters. The third kappa shape index (κ3) is 8.46. The van der Waals surface area contributed by atoms with E-state index < -0.39 is 0 Å². The first-order valence-electron chi connectivity index (χ1n) is 9.79. The molecule has 0 N–H and O–H groups in total. The highest BCUT2D eigenvalue weighted by Gasteiger charge is 2.44. The van der Waals surface area contributed by atoms with Crippen molar-refractivity contribution in [1.82, 2.24) is 0 Å². The van der Waals surface area contributed by atoms with Crippen LogP contribution in [-0.2, 0) is 14.3 Å². The van der Waals surface area contributed by atoms with Crippen molar-refractivity contribution in [3.63, 3.8) is 0 Å². The zero-order chi connectivity index (χ0) is 18.3. The maximum atomic E-state index is 10.1. The monoisotopic (exact) mass is 340 g/mol. The van der Waals surface area contributed by atoms with Gasteiger partial charge in [-0.15, -0.1) is 0 Å². The topological polar surface area (TPSA) is 35.5 Å². The van der Waals surface area contributed by atoms with Crippen molar-refractivity contribution in [2.75, 3.05) is 14.2 Å². The van der Waals surface area contributed by atoms with Crippen molar-refractivity contribution in [2.24, 2.45) is 0 Å². The molecule has 0 aromatic rings. The van der Waals surface area contributed by atoms with Crippen molar-refractivity contribution < 1.29 is 14.3 Å². The van der Waals surface area contributed by atoms with Crippen LogP contribution in [0.1, 0.15) is 97.8 Å². The molecule has 0 rings (SSSR count). The van der Waals surface area contributed by atoms with Crippen LogP contribution >= 0.6 is 0 Å². The Morgan fingerprint density at radius 2 is 1.25 bits per heavy atom. The van der Waals surface area contributed by atoms with Crippen LogP contribution in [-0.4, -0.2) is 31.4 Å². The molecule has 0 heterocycles. The van der Waals surface area contributed by atoms with Crippen LogP contribution in [0.25, 0.3) is 0 Å². The number of hydrogen-bond acceptors (Lipinski definition) is 3. The van der Waals surface area contributed by atoms with Gasteiger partial charge >= 0.3 is 0 Å². The second-order valence-corrected chi connectivity index (χ2v) is 7.31. The fourth-order valence-electron chi connectivity index (χ4n) is 3.35. The molecule has 3 heteroatoms. The maximum Gasteiger partial charge on any atom is 0.120 e. The van der Waals surface area contributed by atoms with Crippen molar-refractivity contribution in [2.45, 2.75) is 109 Å². The van der Waals surface area contributed by atoms with E-state index >= 15 is 0 Å². The van der Waals surface area contributed by atoms with E-state index in [1.54, 1.807) is 6.08 Å². The third-order valence-electron chi connectivity index (χ3n) is 5.61. The average molecular weight is 341 g/mol.